The number of hydrogen-bond donors (Lipinski definition) is 0. The summed E-state index contributed by atoms with van der Waals surface area (Å²) in [7, 11) is 0. The normalized spacial score (nSPS) is 10.4. The monoisotopic (exact) mass is 293 g/mol. The van der Waals surface area contributed by atoms with E-state index in [4.69, 9.17) is 4.74 Å². The average molecular weight is 293 g/mol. The van der Waals surface area contributed by atoms with E-state index in [1.165, 1.54) is 0 Å². The summed E-state index contributed by atoms with van der Waals surface area (Å²) in [5, 5.41) is 8.84. The summed E-state index contributed by atoms with van der Waals surface area (Å²) < 4.78 is 5.69. The van der Waals surface area contributed by atoms with Crippen molar-refractivity contribution in [3.63, 3.8) is 0 Å². The smallest absolute Gasteiger partial charge is 0.150 e. The van der Waals surface area contributed by atoms with E-state index in [-0.39, 0.29) is 0 Å². The number of aromatic nitrogens is 3. The highest BCUT2D eigenvalue weighted by atomic mass is 16.5. The summed E-state index contributed by atoms with van der Waals surface area (Å²) in [4.78, 5) is 12.4. The van der Waals surface area contributed by atoms with Crippen molar-refractivity contribution in [3.05, 3.63) is 71.5 Å². The van der Waals surface area contributed by atoms with E-state index in [9.17, 15) is 4.79 Å². The molecule has 22 heavy (non-hydrogen) atoms. The molecule has 1 aromatic heterocycles. The van der Waals surface area contributed by atoms with Crippen LogP contribution in [0.4, 0.5) is 0 Å². The van der Waals surface area contributed by atoms with E-state index in [0.29, 0.717) is 17.9 Å². The molecule has 0 atom stereocenters. The molecule has 0 N–H and O–H groups in total. The van der Waals surface area contributed by atoms with Crippen molar-refractivity contribution in [1.82, 2.24) is 15.0 Å². The molecule has 0 saturated heterocycles. The van der Waals surface area contributed by atoms with Gasteiger partial charge in [-0.25, -0.2) is 0 Å². The van der Waals surface area contributed by atoms with Crippen LogP contribution in [0.5, 0.6) is 5.75 Å². The molecule has 0 aliphatic carbocycles. The highest BCUT2D eigenvalue weighted by molar-refractivity contribution is 5.75. The molecule has 0 aliphatic rings. The summed E-state index contributed by atoms with van der Waals surface area (Å²) in [5.41, 5.74) is 3.07. The van der Waals surface area contributed by atoms with Crippen molar-refractivity contribution in [3.8, 4) is 11.4 Å². The van der Waals surface area contributed by atoms with E-state index in [0.717, 1.165) is 23.4 Å². The van der Waals surface area contributed by atoms with Crippen molar-refractivity contribution in [2.45, 2.75) is 13.5 Å². The second kappa shape index (κ2) is 6.22. The Balaban J connectivity index is 1.75. The van der Waals surface area contributed by atoms with Crippen molar-refractivity contribution < 1.29 is 9.53 Å². The van der Waals surface area contributed by atoms with Crippen LogP contribution in [0.15, 0.2) is 54.6 Å². The standard InChI is InChI=1S/C17H15N3O2/c1-13-17(12-22-16-9-5-6-14(10-16)11-21)19-20(18-13)15-7-3-2-4-8-15/h2-11H,12H2,1H3. The summed E-state index contributed by atoms with van der Waals surface area (Å²) in [6.45, 7) is 2.20. The molecule has 0 spiro atoms. The highest BCUT2D eigenvalue weighted by Gasteiger charge is 2.09. The Morgan fingerprint density at radius 2 is 1.91 bits per heavy atom. The molecule has 5 heteroatoms. The quantitative estimate of drug-likeness (QED) is 0.679. The molecule has 0 amide bonds. The highest BCUT2D eigenvalue weighted by Crippen LogP contribution is 2.15. The third-order valence-corrected chi connectivity index (χ3v) is 3.23. The van der Waals surface area contributed by atoms with Gasteiger partial charge in [0.25, 0.3) is 0 Å². The van der Waals surface area contributed by atoms with Crippen molar-refractivity contribution in [1.29, 1.82) is 0 Å². The first-order valence-electron chi connectivity index (χ1n) is 6.92. The lowest BCUT2D eigenvalue weighted by atomic mass is 10.2. The molecule has 0 bridgehead atoms. The van der Waals surface area contributed by atoms with E-state index < -0.39 is 0 Å². The second-order valence-corrected chi connectivity index (χ2v) is 4.84. The van der Waals surface area contributed by atoms with Gasteiger partial charge in [-0.3, -0.25) is 4.79 Å². The zero-order valence-corrected chi connectivity index (χ0v) is 12.1. The molecular formula is C17H15N3O2. The van der Waals surface area contributed by atoms with E-state index >= 15 is 0 Å². The van der Waals surface area contributed by atoms with Gasteiger partial charge in [-0.1, -0.05) is 30.3 Å². The molecule has 0 radical (unpaired) electrons. The Hall–Kier alpha value is -2.95. The van der Waals surface area contributed by atoms with Crippen LogP contribution in [0.25, 0.3) is 5.69 Å². The van der Waals surface area contributed by atoms with Gasteiger partial charge in [0.05, 0.1) is 11.4 Å². The molecule has 2 aromatic carbocycles. The van der Waals surface area contributed by atoms with Crippen molar-refractivity contribution >= 4 is 6.29 Å². The van der Waals surface area contributed by atoms with Crippen molar-refractivity contribution in [2.24, 2.45) is 0 Å². The molecule has 1 heterocycles. The van der Waals surface area contributed by atoms with Gasteiger partial charge in [0.1, 0.15) is 24.3 Å². The van der Waals surface area contributed by atoms with E-state index in [1.54, 1.807) is 23.0 Å². The van der Waals surface area contributed by atoms with E-state index in [1.807, 2.05) is 43.3 Å². The number of ether oxygens (including phenoxy) is 1. The Kier molecular flexibility index (Phi) is 3.96. The lowest BCUT2D eigenvalue weighted by molar-refractivity contribution is 0.112. The first-order chi connectivity index (χ1) is 10.8. The molecule has 3 aromatic rings. The number of carbonyl (C=O) groups excluding carboxylic acids is 1. The molecule has 3 rings (SSSR count). The minimum Gasteiger partial charge on any atom is -0.487 e. The predicted molar refractivity (Wildman–Crippen MR) is 82.3 cm³/mol. The number of carbonyl (C=O) groups is 1. The number of aldehydes is 1. The SMILES string of the molecule is Cc1nn(-c2ccccc2)nc1COc1cccc(C=O)c1. The zero-order valence-electron chi connectivity index (χ0n) is 12.1. The first kappa shape index (κ1) is 14.0. The third kappa shape index (κ3) is 3.03. The van der Waals surface area contributed by atoms with Gasteiger partial charge in [0, 0.05) is 5.56 Å². The van der Waals surface area contributed by atoms with E-state index in [2.05, 4.69) is 10.2 Å². The number of nitrogens with zero attached hydrogens (tertiary/aromatic N) is 3. The summed E-state index contributed by atoms with van der Waals surface area (Å²) in [6.07, 6.45) is 0.795. The van der Waals surface area contributed by atoms with Crippen LogP contribution in [0.2, 0.25) is 0 Å². The van der Waals surface area contributed by atoms with Gasteiger partial charge >= 0.3 is 0 Å². The molecule has 110 valence electrons. The minimum atomic E-state index is 0.307. The maximum atomic E-state index is 10.8. The number of para-hydroxylation sites is 1. The van der Waals surface area contributed by atoms with Crippen LogP contribution in [0, 0.1) is 6.92 Å². The predicted octanol–water partition coefficient (Wildman–Crippen LogP) is 2.97. The number of aryl methyl sites for hydroxylation is 1. The van der Waals surface area contributed by atoms with Crippen LogP contribution in [-0.2, 0) is 6.61 Å². The van der Waals surface area contributed by atoms with Gasteiger partial charge in [-0.05, 0) is 31.2 Å². The molecule has 0 unspecified atom stereocenters. The lowest BCUT2D eigenvalue weighted by Crippen LogP contribution is -2.01. The summed E-state index contributed by atoms with van der Waals surface area (Å²) in [5.74, 6) is 0.637. The topological polar surface area (TPSA) is 57.0 Å². The van der Waals surface area contributed by atoms with Crippen LogP contribution in [0.3, 0.4) is 0 Å². The van der Waals surface area contributed by atoms with Gasteiger partial charge in [-0.2, -0.15) is 9.90 Å². The van der Waals surface area contributed by atoms with Crippen LogP contribution in [0.1, 0.15) is 21.7 Å². The zero-order chi connectivity index (χ0) is 15.4. The van der Waals surface area contributed by atoms with Gasteiger partial charge in [-0.15, -0.1) is 5.10 Å². The largest absolute Gasteiger partial charge is 0.487 e. The molecular weight excluding hydrogens is 278 g/mol. The maximum Gasteiger partial charge on any atom is 0.150 e. The third-order valence-electron chi connectivity index (χ3n) is 3.23. The number of rotatable bonds is 5. The molecule has 5 nitrogen and oxygen atoms in total. The molecule has 0 fully saturated rings. The number of hydrogen-bond acceptors (Lipinski definition) is 4. The van der Waals surface area contributed by atoms with Crippen LogP contribution >= 0.6 is 0 Å². The van der Waals surface area contributed by atoms with Crippen LogP contribution < -0.4 is 4.74 Å². The Labute approximate surface area is 128 Å². The fourth-order valence-electron chi connectivity index (χ4n) is 2.05. The maximum absolute atomic E-state index is 10.8. The first-order valence-corrected chi connectivity index (χ1v) is 6.92. The minimum absolute atomic E-state index is 0.307. The second-order valence-electron chi connectivity index (χ2n) is 4.84. The lowest BCUT2D eigenvalue weighted by Gasteiger charge is -2.04. The fraction of sp³-hybridized carbons (Fsp3) is 0.118. The fourth-order valence-corrected chi connectivity index (χ4v) is 2.05. The van der Waals surface area contributed by atoms with Gasteiger partial charge < -0.3 is 4.74 Å². The molecule has 0 saturated carbocycles. The summed E-state index contributed by atoms with van der Waals surface area (Å²) >= 11 is 0. The Morgan fingerprint density at radius 3 is 2.68 bits per heavy atom. The Bertz CT molecular complexity index is 782. The average Bonchev–Trinajstić information content (AvgIpc) is 2.95. The van der Waals surface area contributed by atoms with Gasteiger partial charge in [0.2, 0.25) is 0 Å². The Morgan fingerprint density at radius 1 is 1.09 bits per heavy atom. The summed E-state index contributed by atoms with van der Waals surface area (Å²) in [6, 6.07) is 16.7. The number of benzene rings is 2. The molecule has 0 aliphatic heterocycles. The van der Waals surface area contributed by atoms with Crippen molar-refractivity contribution in [2.75, 3.05) is 0 Å². The van der Waals surface area contributed by atoms with Crippen LogP contribution in [-0.4, -0.2) is 21.3 Å². The van der Waals surface area contributed by atoms with Gasteiger partial charge in [0.15, 0.2) is 0 Å².